The number of rotatable bonds is 9. The van der Waals surface area contributed by atoms with Crippen molar-refractivity contribution in [2.75, 3.05) is 26.9 Å². The molecule has 1 unspecified atom stereocenters. The maximum atomic E-state index is 12.6. The van der Waals surface area contributed by atoms with E-state index >= 15 is 0 Å². The molecule has 180 valence electrons. The molecule has 1 N–H and O–H groups in total. The van der Waals surface area contributed by atoms with Gasteiger partial charge in [-0.15, -0.1) is 0 Å². The first kappa shape index (κ1) is 24.8. The molecular weight excluding hydrogens is 422 g/mol. The van der Waals surface area contributed by atoms with Crippen molar-refractivity contribution in [1.82, 2.24) is 4.57 Å². The first-order valence-corrected chi connectivity index (χ1v) is 11.4. The van der Waals surface area contributed by atoms with Gasteiger partial charge in [-0.3, -0.25) is 4.79 Å². The highest BCUT2D eigenvalue weighted by Crippen LogP contribution is 2.43. The molecule has 1 atom stereocenters. The topological polar surface area (TPSA) is 87.0 Å². The van der Waals surface area contributed by atoms with Gasteiger partial charge in [-0.2, -0.15) is 0 Å². The Balaban J connectivity index is 2.12. The number of ether oxygens (including phenoxy) is 3. The van der Waals surface area contributed by atoms with Gasteiger partial charge in [0.15, 0.2) is 16.9 Å². The molecule has 0 fully saturated rings. The van der Waals surface area contributed by atoms with Crippen LogP contribution in [0.5, 0.6) is 11.5 Å². The van der Waals surface area contributed by atoms with E-state index in [9.17, 15) is 14.7 Å². The predicted molar refractivity (Wildman–Crippen MR) is 128 cm³/mol. The Kier molecular flexibility index (Phi) is 7.52. The lowest BCUT2D eigenvalue weighted by Crippen LogP contribution is -2.28. The fourth-order valence-corrected chi connectivity index (χ4v) is 4.00. The zero-order valence-corrected chi connectivity index (χ0v) is 20.4. The fraction of sp³-hybridized carbons (Fsp3) is 0.538. The summed E-state index contributed by atoms with van der Waals surface area (Å²) in [6.07, 6.45) is 2.95. The standard InChI is InChI=1S/C26H35NO6/c1-16(2)20-10-17-11-23(32-9-7-8-31-6)24(33-15-26(3,4)5)12-18(17)21-13-22(28)19(25(29)30)14-27(20)21/h11-14,16,20H,7-10,15H2,1-6H3,(H,29,30). The van der Waals surface area contributed by atoms with Crippen LogP contribution >= 0.6 is 0 Å². The van der Waals surface area contributed by atoms with Crippen molar-refractivity contribution in [1.29, 1.82) is 0 Å². The van der Waals surface area contributed by atoms with Gasteiger partial charge in [0.1, 0.15) is 5.56 Å². The summed E-state index contributed by atoms with van der Waals surface area (Å²) in [6, 6.07) is 5.39. The third-order valence-electron chi connectivity index (χ3n) is 5.72. The molecule has 1 aromatic carbocycles. The van der Waals surface area contributed by atoms with Crippen LogP contribution in [0, 0.1) is 11.3 Å². The van der Waals surface area contributed by atoms with Crippen molar-refractivity contribution in [3.05, 3.63) is 45.7 Å². The van der Waals surface area contributed by atoms with Crippen LogP contribution in [0.2, 0.25) is 0 Å². The number of pyridine rings is 1. The van der Waals surface area contributed by atoms with E-state index in [-0.39, 0.29) is 22.9 Å². The number of hydrogen-bond donors (Lipinski definition) is 1. The van der Waals surface area contributed by atoms with Crippen molar-refractivity contribution in [3.63, 3.8) is 0 Å². The molecule has 1 aromatic heterocycles. The van der Waals surface area contributed by atoms with Gasteiger partial charge in [0, 0.05) is 44.0 Å². The van der Waals surface area contributed by atoms with Crippen molar-refractivity contribution in [2.45, 2.75) is 53.5 Å². The molecule has 2 aromatic rings. The number of hydrogen-bond acceptors (Lipinski definition) is 5. The summed E-state index contributed by atoms with van der Waals surface area (Å²) in [5.41, 5.74) is 1.87. The molecule has 3 rings (SSSR count). The van der Waals surface area contributed by atoms with Crippen molar-refractivity contribution in [3.8, 4) is 22.8 Å². The van der Waals surface area contributed by atoms with Gasteiger partial charge in [0.05, 0.1) is 18.9 Å². The van der Waals surface area contributed by atoms with E-state index in [1.165, 1.54) is 12.3 Å². The minimum absolute atomic E-state index is 0.0221. The lowest BCUT2D eigenvalue weighted by molar-refractivity contribution is 0.0694. The monoisotopic (exact) mass is 457 g/mol. The zero-order valence-electron chi connectivity index (χ0n) is 20.4. The lowest BCUT2D eigenvalue weighted by atomic mass is 9.87. The Hall–Kier alpha value is -2.80. The maximum Gasteiger partial charge on any atom is 0.341 e. The smallest absolute Gasteiger partial charge is 0.341 e. The van der Waals surface area contributed by atoms with Crippen LogP contribution < -0.4 is 14.9 Å². The van der Waals surface area contributed by atoms with E-state index in [2.05, 4.69) is 34.6 Å². The van der Waals surface area contributed by atoms with Crippen LogP contribution in [0.25, 0.3) is 11.3 Å². The van der Waals surface area contributed by atoms with Crippen LogP contribution in [-0.2, 0) is 11.2 Å². The van der Waals surface area contributed by atoms with Gasteiger partial charge in [-0.25, -0.2) is 4.79 Å². The summed E-state index contributed by atoms with van der Waals surface area (Å²) < 4.78 is 19.3. The Labute approximate surface area is 195 Å². The average molecular weight is 458 g/mol. The predicted octanol–water partition coefficient (Wildman–Crippen LogP) is 4.81. The molecule has 0 aliphatic carbocycles. The Bertz CT molecular complexity index is 1060. The zero-order chi connectivity index (χ0) is 24.3. The number of carboxylic acid groups (broad SMARTS) is 1. The highest BCUT2D eigenvalue weighted by Gasteiger charge is 2.29. The molecule has 2 heterocycles. The third kappa shape index (κ3) is 5.77. The summed E-state index contributed by atoms with van der Waals surface area (Å²) in [5, 5.41) is 9.48. The number of nitrogens with zero attached hydrogens (tertiary/aromatic N) is 1. The van der Waals surface area contributed by atoms with Gasteiger partial charge in [-0.05, 0) is 35.4 Å². The molecule has 1 aliphatic heterocycles. The molecule has 0 amide bonds. The first-order chi connectivity index (χ1) is 15.5. The summed E-state index contributed by atoms with van der Waals surface area (Å²) in [5.74, 6) is 0.321. The summed E-state index contributed by atoms with van der Waals surface area (Å²) in [4.78, 5) is 24.2. The Morgan fingerprint density at radius 3 is 2.45 bits per heavy atom. The Morgan fingerprint density at radius 2 is 1.85 bits per heavy atom. The van der Waals surface area contributed by atoms with Gasteiger partial charge in [-0.1, -0.05) is 34.6 Å². The highest BCUT2D eigenvalue weighted by molar-refractivity contribution is 5.88. The van der Waals surface area contributed by atoms with Crippen molar-refractivity contribution >= 4 is 5.97 Å². The van der Waals surface area contributed by atoms with E-state index in [4.69, 9.17) is 14.2 Å². The van der Waals surface area contributed by atoms with Crippen LogP contribution in [0.3, 0.4) is 0 Å². The van der Waals surface area contributed by atoms with Crippen molar-refractivity contribution < 1.29 is 24.1 Å². The van der Waals surface area contributed by atoms with E-state index in [0.717, 1.165) is 17.5 Å². The molecular formula is C26H35NO6. The number of methoxy groups -OCH3 is 1. The molecule has 7 heteroatoms. The fourth-order valence-electron chi connectivity index (χ4n) is 4.00. The number of aromatic nitrogens is 1. The number of fused-ring (bicyclic) bond motifs is 3. The average Bonchev–Trinajstić information content (AvgIpc) is 2.73. The lowest BCUT2D eigenvalue weighted by Gasteiger charge is -2.34. The summed E-state index contributed by atoms with van der Waals surface area (Å²) in [6.45, 7) is 12.1. The van der Waals surface area contributed by atoms with Crippen LogP contribution in [0.1, 0.15) is 63.0 Å². The first-order valence-electron chi connectivity index (χ1n) is 11.4. The second kappa shape index (κ2) is 10.00. The molecule has 0 saturated heterocycles. The van der Waals surface area contributed by atoms with Gasteiger partial charge in [0.2, 0.25) is 0 Å². The molecule has 0 spiro atoms. The quantitative estimate of drug-likeness (QED) is 0.544. The summed E-state index contributed by atoms with van der Waals surface area (Å²) in [7, 11) is 1.66. The third-order valence-corrected chi connectivity index (χ3v) is 5.72. The van der Waals surface area contributed by atoms with Gasteiger partial charge < -0.3 is 23.9 Å². The molecule has 0 radical (unpaired) electrons. The number of carbonyl (C=O) groups is 1. The van der Waals surface area contributed by atoms with Crippen LogP contribution in [0.4, 0.5) is 0 Å². The van der Waals surface area contributed by atoms with Crippen LogP contribution in [-0.4, -0.2) is 42.6 Å². The van der Waals surface area contributed by atoms with E-state index in [0.29, 0.717) is 43.4 Å². The molecule has 7 nitrogen and oxygen atoms in total. The van der Waals surface area contributed by atoms with E-state index in [1.807, 2.05) is 16.7 Å². The normalized spacial score (nSPS) is 15.2. The van der Waals surface area contributed by atoms with Crippen molar-refractivity contribution in [2.24, 2.45) is 11.3 Å². The number of benzene rings is 1. The Morgan fingerprint density at radius 1 is 1.15 bits per heavy atom. The number of aromatic carboxylic acids is 1. The largest absolute Gasteiger partial charge is 0.490 e. The van der Waals surface area contributed by atoms with Gasteiger partial charge >= 0.3 is 5.97 Å². The second-order valence-corrected chi connectivity index (χ2v) is 10.2. The van der Waals surface area contributed by atoms with Crippen LogP contribution in [0.15, 0.2) is 29.2 Å². The minimum atomic E-state index is -1.21. The highest BCUT2D eigenvalue weighted by atomic mass is 16.5. The second-order valence-electron chi connectivity index (χ2n) is 10.2. The number of carboxylic acids is 1. The molecule has 33 heavy (non-hydrogen) atoms. The molecule has 0 bridgehead atoms. The minimum Gasteiger partial charge on any atom is -0.490 e. The SMILES string of the molecule is COCCCOc1cc2c(cc1OCC(C)(C)C)-c1cc(=O)c(C(=O)O)cn1C(C(C)C)C2. The maximum absolute atomic E-state index is 12.6. The van der Waals surface area contributed by atoms with E-state index < -0.39 is 11.4 Å². The van der Waals surface area contributed by atoms with E-state index in [1.54, 1.807) is 7.11 Å². The van der Waals surface area contributed by atoms with Gasteiger partial charge in [0.25, 0.3) is 0 Å². The molecule has 1 aliphatic rings. The summed E-state index contributed by atoms with van der Waals surface area (Å²) >= 11 is 0. The molecule has 0 saturated carbocycles.